The van der Waals surface area contributed by atoms with Crippen LogP contribution in [0.25, 0.3) is 0 Å². The minimum Gasteiger partial charge on any atom is -0.493 e. The predicted octanol–water partition coefficient (Wildman–Crippen LogP) is 5.64. The van der Waals surface area contributed by atoms with Crippen LogP contribution in [0, 0.1) is 5.41 Å². The summed E-state index contributed by atoms with van der Waals surface area (Å²) in [5, 5.41) is 1.58. The fourth-order valence-corrected chi connectivity index (χ4v) is 7.37. The lowest BCUT2D eigenvalue weighted by Crippen LogP contribution is -2.56. The summed E-state index contributed by atoms with van der Waals surface area (Å²) in [6.45, 7) is 12.6. The third-order valence-electron chi connectivity index (χ3n) is 6.95. The predicted molar refractivity (Wildman–Crippen MR) is 156 cm³/mol. The summed E-state index contributed by atoms with van der Waals surface area (Å²) in [5.74, 6) is -0.266. The van der Waals surface area contributed by atoms with E-state index in [1.54, 1.807) is 33.1 Å². The summed E-state index contributed by atoms with van der Waals surface area (Å²) < 4.78 is 22.7. The molecule has 0 unspecified atom stereocenters. The number of benzene rings is 3. The topological polar surface area (TPSA) is 71.1 Å². The van der Waals surface area contributed by atoms with Crippen LogP contribution in [0.15, 0.2) is 90.6 Å². The van der Waals surface area contributed by atoms with E-state index < -0.39 is 25.4 Å². The molecule has 3 aromatic rings. The van der Waals surface area contributed by atoms with Gasteiger partial charge >= 0.3 is 11.9 Å². The Morgan fingerprint density at radius 2 is 1.36 bits per heavy atom. The molecule has 7 heteroatoms. The summed E-state index contributed by atoms with van der Waals surface area (Å²) in [6.07, 6.45) is 0.0160. The Kier molecular flexibility index (Phi) is 10.1. The standard InChI is InChI=1S/C32H38O6Si/c1-7-36-30(33)32(31(34)37-8-2,24(3)39(5,6)27-17-13-10-14-18-27)22-26-19-20-28(29(21-26)35-4)38-23-25-15-11-9-12-16-25/h9-21H,3,7-8,22-23H2,1-2,4-6H3. The average Bonchev–Trinajstić information content (AvgIpc) is 2.95. The van der Waals surface area contributed by atoms with Crippen molar-refractivity contribution in [2.24, 2.45) is 5.41 Å². The molecular weight excluding hydrogens is 508 g/mol. The number of methoxy groups -OCH3 is 1. The van der Waals surface area contributed by atoms with Gasteiger partial charge in [-0.1, -0.05) is 90.2 Å². The number of ether oxygens (including phenoxy) is 4. The van der Waals surface area contributed by atoms with Gasteiger partial charge in [0.15, 0.2) is 16.9 Å². The number of carbonyl (C=O) groups is 2. The van der Waals surface area contributed by atoms with Gasteiger partial charge in [0.25, 0.3) is 0 Å². The average molecular weight is 547 g/mol. The molecule has 0 bridgehead atoms. The molecule has 0 atom stereocenters. The van der Waals surface area contributed by atoms with E-state index in [1.165, 1.54) is 0 Å². The first-order chi connectivity index (χ1) is 18.7. The van der Waals surface area contributed by atoms with E-state index in [1.807, 2.05) is 66.7 Å². The SMILES string of the molecule is C=C(C(Cc1ccc(OCc2ccccc2)c(OC)c1)(C(=O)OCC)C(=O)OCC)[Si](C)(C)c1ccccc1. The molecule has 3 rings (SSSR count). The molecule has 0 saturated heterocycles. The van der Waals surface area contributed by atoms with Gasteiger partial charge in [-0.25, -0.2) is 0 Å². The van der Waals surface area contributed by atoms with Gasteiger partial charge in [-0.2, -0.15) is 0 Å². The minimum atomic E-state index is -2.59. The number of esters is 2. The largest absolute Gasteiger partial charge is 0.493 e. The van der Waals surface area contributed by atoms with Crippen molar-refractivity contribution >= 4 is 25.2 Å². The van der Waals surface area contributed by atoms with Gasteiger partial charge < -0.3 is 18.9 Å². The molecule has 0 aromatic heterocycles. The van der Waals surface area contributed by atoms with Crippen molar-refractivity contribution in [2.45, 2.75) is 40.0 Å². The summed E-state index contributed by atoms with van der Waals surface area (Å²) in [6, 6.07) is 25.1. The third kappa shape index (κ3) is 6.60. The van der Waals surface area contributed by atoms with Crippen molar-refractivity contribution in [1.82, 2.24) is 0 Å². The Morgan fingerprint density at radius 3 is 1.90 bits per heavy atom. The van der Waals surface area contributed by atoms with Crippen LogP contribution < -0.4 is 14.7 Å². The van der Waals surface area contributed by atoms with E-state index in [-0.39, 0.29) is 19.6 Å². The Hall–Kier alpha value is -3.84. The lowest BCUT2D eigenvalue weighted by atomic mass is 9.81. The zero-order chi connectivity index (χ0) is 28.5. The molecule has 0 heterocycles. The van der Waals surface area contributed by atoms with E-state index in [0.29, 0.717) is 28.9 Å². The van der Waals surface area contributed by atoms with Crippen molar-refractivity contribution in [1.29, 1.82) is 0 Å². The number of rotatable bonds is 13. The molecular formula is C32H38O6Si. The first-order valence-corrected chi connectivity index (χ1v) is 16.1. The minimum absolute atomic E-state index is 0.0160. The van der Waals surface area contributed by atoms with E-state index in [2.05, 4.69) is 19.7 Å². The molecule has 6 nitrogen and oxygen atoms in total. The molecule has 0 spiro atoms. The fourth-order valence-electron chi connectivity index (χ4n) is 4.63. The quantitative estimate of drug-likeness (QED) is 0.157. The van der Waals surface area contributed by atoms with Crippen LogP contribution in [0.4, 0.5) is 0 Å². The van der Waals surface area contributed by atoms with Crippen LogP contribution in [0.3, 0.4) is 0 Å². The highest BCUT2D eigenvalue weighted by molar-refractivity contribution is 6.96. The van der Waals surface area contributed by atoms with Gasteiger partial charge in [0.2, 0.25) is 0 Å². The number of carbonyl (C=O) groups excluding carboxylic acids is 2. The van der Waals surface area contributed by atoms with Gasteiger partial charge in [0, 0.05) is 6.42 Å². The summed E-state index contributed by atoms with van der Waals surface area (Å²) in [4.78, 5) is 27.5. The maximum absolute atomic E-state index is 13.8. The maximum Gasteiger partial charge on any atom is 0.327 e. The highest BCUT2D eigenvalue weighted by atomic mass is 28.3. The van der Waals surface area contributed by atoms with E-state index in [9.17, 15) is 9.59 Å². The summed E-state index contributed by atoms with van der Waals surface area (Å²) >= 11 is 0. The van der Waals surface area contributed by atoms with Crippen LogP contribution in [-0.2, 0) is 32.1 Å². The van der Waals surface area contributed by atoms with Gasteiger partial charge in [-0.3, -0.25) is 9.59 Å². The monoisotopic (exact) mass is 546 g/mol. The second-order valence-corrected chi connectivity index (χ2v) is 14.2. The normalized spacial score (nSPS) is 11.4. The maximum atomic E-state index is 13.8. The Morgan fingerprint density at radius 1 is 0.795 bits per heavy atom. The first kappa shape index (κ1) is 29.7. The van der Waals surface area contributed by atoms with Crippen LogP contribution in [0.5, 0.6) is 11.5 Å². The lowest BCUT2D eigenvalue weighted by Gasteiger charge is -2.38. The molecule has 0 radical (unpaired) electrons. The zero-order valence-corrected chi connectivity index (χ0v) is 24.5. The Bertz CT molecular complexity index is 1250. The highest BCUT2D eigenvalue weighted by Gasteiger charge is 2.55. The molecule has 0 saturated carbocycles. The van der Waals surface area contributed by atoms with E-state index >= 15 is 0 Å². The molecule has 0 aliphatic rings. The van der Waals surface area contributed by atoms with Crippen LogP contribution in [0.1, 0.15) is 25.0 Å². The number of hydrogen-bond donors (Lipinski definition) is 0. The molecule has 0 amide bonds. The third-order valence-corrected chi connectivity index (χ3v) is 10.7. The van der Waals surface area contributed by atoms with Gasteiger partial charge in [-0.15, -0.1) is 6.58 Å². The summed E-state index contributed by atoms with van der Waals surface area (Å²) in [5.41, 5.74) is -0.00894. The zero-order valence-electron chi connectivity index (χ0n) is 23.5. The second kappa shape index (κ2) is 13.3. The summed E-state index contributed by atoms with van der Waals surface area (Å²) in [7, 11) is -1.03. The molecule has 206 valence electrons. The van der Waals surface area contributed by atoms with Gasteiger partial charge in [-0.05, 0) is 37.1 Å². The Balaban J connectivity index is 2.06. The molecule has 39 heavy (non-hydrogen) atoms. The van der Waals surface area contributed by atoms with Crippen molar-refractivity contribution in [2.75, 3.05) is 20.3 Å². The van der Waals surface area contributed by atoms with Gasteiger partial charge in [0.1, 0.15) is 14.7 Å². The lowest BCUT2D eigenvalue weighted by molar-refractivity contribution is -0.168. The second-order valence-electron chi connectivity index (χ2n) is 9.75. The Labute approximate surface area is 232 Å². The number of hydrogen-bond acceptors (Lipinski definition) is 6. The molecule has 3 aromatic carbocycles. The van der Waals surface area contributed by atoms with E-state index in [0.717, 1.165) is 10.8 Å². The van der Waals surface area contributed by atoms with Crippen LogP contribution in [-0.4, -0.2) is 40.3 Å². The van der Waals surface area contributed by atoms with Crippen LogP contribution in [0.2, 0.25) is 13.1 Å². The van der Waals surface area contributed by atoms with Crippen molar-refractivity contribution < 1.29 is 28.5 Å². The van der Waals surface area contributed by atoms with Crippen molar-refractivity contribution in [3.05, 3.63) is 102 Å². The highest BCUT2D eigenvalue weighted by Crippen LogP contribution is 2.41. The molecule has 0 aliphatic carbocycles. The van der Waals surface area contributed by atoms with Crippen molar-refractivity contribution in [3.8, 4) is 11.5 Å². The van der Waals surface area contributed by atoms with E-state index in [4.69, 9.17) is 18.9 Å². The molecule has 0 aliphatic heterocycles. The molecule has 0 N–H and O–H groups in total. The molecule has 0 fully saturated rings. The smallest absolute Gasteiger partial charge is 0.327 e. The van der Waals surface area contributed by atoms with Gasteiger partial charge in [0.05, 0.1) is 20.3 Å². The van der Waals surface area contributed by atoms with Crippen molar-refractivity contribution in [3.63, 3.8) is 0 Å². The first-order valence-electron chi connectivity index (χ1n) is 13.1. The van der Waals surface area contributed by atoms with Crippen LogP contribution >= 0.6 is 0 Å². The fraction of sp³-hybridized carbons (Fsp3) is 0.312.